The number of benzene rings is 1. The van der Waals surface area contributed by atoms with Crippen molar-refractivity contribution in [3.8, 4) is 0 Å². The molecule has 1 aromatic carbocycles. The van der Waals surface area contributed by atoms with Crippen LogP contribution in [-0.4, -0.2) is 39.2 Å². The van der Waals surface area contributed by atoms with Crippen LogP contribution in [0.25, 0.3) is 10.9 Å². The fourth-order valence-corrected chi connectivity index (χ4v) is 4.60. The van der Waals surface area contributed by atoms with Crippen LogP contribution in [0.15, 0.2) is 30.5 Å². The van der Waals surface area contributed by atoms with Crippen LogP contribution < -0.4 is 0 Å². The van der Waals surface area contributed by atoms with Crippen LogP contribution in [0.4, 0.5) is 0 Å². The first kappa shape index (κ1) is 16.0. The van der Waals surface area contributed by atoms with Gasteiger partial charge in [-0.1, -0.05) is 30.5 Å². The molecule has 1 aromatic heterocycles. The summed E-state index contributed by atoms with van der Waals surface area (Å²) in [4.78, 5) is 14.7. The van der Waals surface area contributed by atoms with Gasteiger partial charge in [0.05, 0.1) is 5.60 Å². The fourth-order valence-electron chi connectivity index (χ4n) is 4.37. The van der Waals surface area contributed by atoms with Crippen LogP contribution in [-0.2, 0) is 11.3 Å². The van der Waals surface area contributed by atoms with Crippen LogP contribution in [0.5, 0.6) is 0 Å². The summed E-state index contributed by atoms with van der Waals surface area (Å²) < 4.78 is 1.96. The highest BCUT2D eigenvalue weighted by Crippen LogP contribution is 2.39. The van der Waals surface area contributed by atoms with Crippen LogP contribution in [0.2, 0.25) is 5.02 Å². The summed E-state index contributed by atoms with van der Waals surface area (Å²) in [6.45, 7) is 1.68. The van der Waals surface area contributed by atoms with Crippen molar-refractivity contribution in [2.75, 3.05) is 13.1 Å². The lowest BCUT2D eigenvalue weighted by Crippen LogP contribution is -2.55. The van der Waals surface area contributed by atoms with Gasteiger partial charge in [0.1, 0.15) is 6.54 Å². The van der Waals surface area contributed by atoms with Crippen molar-refractivity contribution in [2.24, 2.45) is 5.92 Å². The molecule has 4 rings (SSSR count). The van der Waals surface area contributed by atoms with Crippen molar-refractivity contribution in [3.05, 3.63) is 35.5 Å². The molecule has 2 atom stereocenters. The molecule has 0 unspecified atom stereocenters. The topological polar surface area (TPSA) is 45.5 Å². The highest BCUT2D eigenvalue weighted by Gasteiger charge is 2.43. The van der Waals surface area contributed by atoms with E-state index < -0.39 is 5.60 Å². The first-order valence-corrected chi connectivity index (χ1v) is 9.18. The predicted molar refractivity (Wildman–Crippen MR) is 95.1 cm³/mol. The lowest BCUT2D eigenvalue weighted by molar-refractivity contribution is -0.143. The van der Waals surface area contributed by atoms with E-state index in [4.69, 9.17) is 11.6 Å². The van der Waals surface area contributed by atoms with E-state index in [1.54, 1.807) is 0 Å². The second-order valence-electron chi connectivity index (χ2n) is 7.25. The molecule has 24 heavy (non-hydrogen) atoms. The van der Waals surface area contributed by atoms with Gasteiger partial charge in [0.15, 0.2) is 0 Å². The van der Waals surface area contributed by atoms with Gasteiger partial charge in [0.2, 0.25) is 5.91 Å². The van der Waals surface area contributed by atoms with Crippen LogP contribution >= 0.6 is 11.6 Å². The van der Waals surface area contributed by atoms with Crippen molar-refractivity contribution < 1.29 is 9.90 Å². The molecule has 2 aromatic rings. The number of nitrogens with zero attached hydrogens (tertiary/aromatic N) is 2. The Hall–Kier alpha value is -1.52. The zero-order chi connectivity index (χ0) is 16.7. The molecule has 128 valence electrons. The quantitative estimate of drug-likeness (QED) is 0.905. The third-order valence-corrected chi connectivity index (χ3v) is 6.18. The van der Waals surface area contributed by atoms with Gasteiger partial charge < -0.3 is 14.6 Å². The Labute approximate surface area is 147 Å². The minimum absolute atomic E-state index is 0.125. The average Bonchev–Trinajstić information content (AvgIpc) is 2.98. The highest BCUT2D eigenvalue weighted by molar-refractivity contribution is 6.35. The van der Waals surface area contributed by atoms with Crippen molar-refractivity contribution >= 4 is 28.4 Å². The average molecular weight is 347 g/mol. The number of aromatic nitrogens is 1. The summed E-state index contributed by atoms with van der Waals surface area (Å²) in [6, 6.07) is 7.73. The number of hydrogen-bond acceptors (Lipinski definition) is 2. The molecule has 1 saturated carbocycles. The van der Waals surface area contributed by atoms with Crippen molar-refractivity contribution in [1.82, 2.24) is 9.47 Å². The Balaban J connectivity index is 1.49. The molecule has 0 radical (unpaired) electrons. The number of fused-ring (bicyclic) bond motifs is 2. The molecular formula is C19H23ClN2O2. The van der Waals surface area contributed by atoms with Crippen LogP contribution in [0.3, 0.4) is 0 Å². The van der Waals surface area contributed by atoms with Gasteiger partial charge in [-0.15, -0.1) is 0 Å². The molecule has 2 heterocycles. The molecule has 1 amide bonds. The Morgan fingerprint density at radius 3 is 3.04 bits per heavy atom. The zero-order valence-electron chi connectivity index (χ0n) is 13.7. The molecule has 2 fully saturated rings. The lowest BCUT2D eigenvalue weighted by Gasteiger charge is -2.47. The molecule has 1 saturated heterocycles. The normalized spacial score (nSPS) is 27.2. The van der Waals surface area contributed by atoms with E-state index in [2.05, 4.69) is 0 Å². The number of rotatable bonds is 2. The molecule has 5 heteroatoms. The number of aliphatic hydroxyl groups is 1. The Morgan fingerprint density at radius 1 is 1.29 bits per heavy atom. The maximum Gasteiger partial charge on any atom is 0.242 e. The standard InChI is InChI=1S/C19H23ClN2O2/c20-16-5-3-6-17-15(16)7-10-21(17)13-18(23)22-11-9-19(24)8-2-1-4-14(19)12-22/h3,5-7,10,14,24H,1-2,4,8-9,11-13H2/t14-,19+/m0/s1. The molecular weight excluding hydrogens is 324 g/mol. The Morgan fingerprint density at radius 2 is 2.17 bits per heavy atom. The monoisotopic (exact) mass is 346 g/mol. The maximum absolute atomic E-state index is 12.8. The van der Waals surface area contributed by atoms with E-state index in [0.717, 1.165) is 36.6 Å². The van der Waals surface area contributed by atoms with E-state index in [1.165, 1.54) is 0 Å². The van der Waals surface area contributed by atoms with Gasteiger partial charge in [-0.25, -0.2) is 0 Å². The largest absolute Gasteiger partial charge is 0.389 e. The van der Waals surface area contributed by atoms with Crippen molar-refractivity contribution in [1.29, 1.82) is 0 Å². The zero-order valence-corrected chi connectivity index (χ0v) is 14.5. The van der Waals surface area contributed by atoms with Gasteiger partial charge >= 0.3 is 0 Å². The first-order chi connectivity index (χ1) is 11.6. The number of carbonyl (C=O) groups is 1. The molecule has 1 N–H and O–H groups in total. The van der Waals surface area contributed by atoms with Gasteiger partial charge in [-0.2, -0.15) is 0 Å². The van der Waals surface area contributed by atoms with E-state index in [0.29, 0.717) is 31.1 Å². The van der Waals surface area contributed by atoms with Gasteiger partial charge in [-0.3, -0.25) is 4.79 Å². The summed E-state index contributed by atoms with van der Waals surface area (Å²) in [7, 11) is 0. The van der Waals surface area contributed by atoms with Gasteiger partial charge in [0.25, 0.3) is 0 Å². The number of hydrogen-bond donors (Lipinski definition) is 1. The number of halogens is 1. The molecule has 0 bridgehead atoms. The van der Waals surface area contributed by atoms with Gasteiger partial charge in [0, 0.05) is 41.1 Å². The summed E-state index contributed by atoms with van der Waals surface area (Å²) in [5.41, 5.74) is 0.449. The summed E-state index contributed by atoms with van der Waals surface area (Å²) >= 11 is 6.21. The summed E-state index contributed by atoms with van der Waals surface area (Å²) in [6.07, 6.45) is 6.83. The number of amides is 1. The Bertz CT molecular complexity index is 772. The van der Waals surface area contributed by atoms with E-state index in [9.17, 15) is 9.90 Å². The Kier molecular flexibility index (Phi) is 4.05. The second-order valence-corrected chi connectivity index (χ2v) is 7.66. The number of carbonyl (C=O) groups excluding carboxylic acids is 1. The van der Waals surface area contributed by atoms with E-state index in [-0.39, 0.29) is 11.8 Å². The maximum atomic E-state index is 12.8. The first-order valence-electron chi connectivity index (χ1n) is 8.80. The molecule has 1 aliphatic carbocycles. The van der Waals surface area contributed by atoms with E-state index in [1.807, 2.05) is 39.9 Å². The third-order valence-electron chi connectivity index (χ3n) is 5.85. The SMILES string of the molecule is O=C(Cn1ccc2c(Cl)cccc21)N1CC[C@]2(O)CCCC[C@H]2C1. The molecule has 2 aliphatic rings. The molecule has 0 spiro atoms. The van der Waals surface area contributed by atoms with E-state index >= 15 is 0 Å². The lowest BCUT2D eigenvalue weighted by atomic mass is 9.71. The predicted octanol–water partition coefficient (Wildman–Crippen LogP) is 3.45. The van der Waals surface area contributed by atoms with Crippen molar-refractivity contribution in [2.45, 2.75) is 44.2 Å². The fraction of sp³-hybridized carbons (Fsp3) is 0.526. The number of likely N-dealkylation sites (tertiary alicyclic amines) is 1. The van der Waals surface area contributed by atoms with Crippen molar-refractivity contribution in [3.63, 3.8) is 0 Å². The molecule has 4 nitrogen and oxygen atoms in total. The molecule has 1 aliphatic heterocycles. The summed E-state index contributed by atoms with van der Waals surface area (Å²) in [5.74, 6) is 0.361. The minimum atomic E-state index is -0.539. The van der Waals surface area contributed by atoms with Crippen LogP contribution in [0.1, 0.15) is 32.1 Å². The number of piperidine rings is 1. The van der Waals surface area contributed by atoms with Gasteiger partial charge in [-0.05, 0) is 37.5 Å². The third kappa shape index (κ3) is 2.72. The minimum Gasteiger partial charge on any atom is -0.389 e. The smallest absolute Gasteiger partial charge is 0.242 e. The second kappa shape index (κ2) is 6.08. The summed E-state index contributed by atoms with van der Waals surface area (Å²) in [5, 5.41) is 12.5. The highest BCUT2D eigenvalue weighted by atomic mass is 35.5. The van der Waals surface area contributed by atoms with Crippen LogP contribution in [0, 0.1) is 5.92 Å².